The standard InChI is InChI=1S/C15H34N2O/c1-6-10-14(3)17(5)12-9-8-11-15(4,13-18)16-7-2/h14,16,18H,6-13H2,1-5H3. The smallest absolute Gasteiger partial charge is 0.0610 e. The Morgan fingerprint density at radius 1 is 1.28 bits per heavy atom. The van der Waals surface area contributed by atoms with Crippen LogP contribution in [0.5, 0.6) is 0 Å². The molecule has 3 heteroatoms. The molecule has 2 N–H and O–H groups in total. The first-order valence-corrected chi connectivity index (χ1v) is 7.55. The van der Waals surface area contributed by atoms with Crippen LogP contribution in [0.25, 0.3) is 0 Å². The number of aliphatic hydroxyl groups excluding tert-OH is 1. The Hall–Kier alpha value is -0.120. The van der Waals surface area contributed by atoms with Crippen molar-refractivity contribution < 1.29 is 5.11 Å². The fraction of sp³-hybridized carbons (Fsp3) is 1.00. The number of nitrogens with one attached hydrogen (secondary N) is 1. The van der Waals surface area contributed by atoms with Crippen molar-refractivity contribution in [3.05, 3.63) is 0 Å². The summed E-state index contributed by atoms with van der Waals surface area (Å²) < 4.78 is 0. The highest BCUT2D eigenvalue weighted by molar-refractivity contribution is 4.81. The van der Waals surface area contributed by atoms with Crippen molar-refractivity contribution in [2.75, 3.05) is 26.7 Å². The molecule has 0 saturated heterocycles. The van der Waals surface area contributed by atoms with E-state index in [1.165, 1.54) is 25.7 Å². The van der Waals surface area contributed by atoms with E-state index in [1.807, 2.05) is 0 Å². The molecule has 0 fully saturated rings. The Morgan fingerprint density at radius 3 is 2.44 bits per heavy atom. The third kappa shape index (κ3) is 7.34. The Balaban J connectivity index is 3.77. The van der Waals surface area contributed by atoms with Crippen molar-refractivity contribution in [3.8, 4) is 0 Å². The van der Waals surface area contributed by atoms with E-state index >= 15 is 0 Å². The van der Waals surface area contributed by atoms with Crippen LogP contribution >= 0.6 is 0 Å². The number of unbranched alkanes of at least 4 members (excludes halogenated alkanes) is 1. The van der Waals surface area contributed by atoms with Crippen molar-refractivity contribution in [1.29, 1.82) is 0 Å². The predicted octanol–water partition coefficient (Wildman–Crippen LogP) is 2.64. The van der Waals surface area contributed by atoms with Crippen LogP contribution in [-0.4, -0.2) is 48.3 Å². The van der Waals surface area contributed by atoms with E-state index in [9.17, 15) is 5.11 Å². The molecule has 0 aromatic rings. The Kier molecular flexibility index (Phi) is 9.70. The van der Waals surface area contributed by atoms with E-state index in [0.29, 0.717) is 6.04 Å². The van der Waals surface area contributed by atoms with E-state index in [0.717, 1.165) is 19.5 Å². The average Bonchev–Trinajstić information content (AvgIpc) is 2.35. The van der Waals surface area contributed by atoms with Gasteiger partial charge in [0, 0.05) is 11.6 Å². The lowest BCUT2D eigenvalue weighted by Gasteiger charge is -2.29. The highest BCUT2D eigenvalue weighted by atomic mass is 16.3. The number of aliphatic hydroxyl groups is 1. The zero-order valence-electron chi connectivity index (χ0n) is 13.1. The average molecular weight is 258 g/mol. The van der Waals surface area contributed by atoms with Gasteiger partial charge in [-0.1, -0.05) is 26.7 Å². The fourth-order valence-electron chi connectivity index (χ4n) is 2.39. The maximum Gasteiger partial charge on any atom is 0.0610 e. The van der Waals surface area contributed by atoms with Crippen molar-refractivity contribution in [3.63, 3.8) is 0 Å². The van der Waals surface area contributed by atoms with Gasteiger partial charge >= 0.3 is 0 Å². The summed E-state index contributed by atoms with van der Waals surface area (Å²) in [6.07, 6.45) is 5.98. The van der Waals surface area contributed by atoms with E-state index < -0.39 is 0 Å². The summed E-state index contributed by atoms with van der Waals surface area (Å²) in [5, 5.41) is 12.8. The molecule has 0 aromatic carbocycles. The zero-order valence-corrected chi connectivity index (χ0v) is 13.1. The molecule has 0 aliphatic carbocycles. The van der Waals surface area contributed by atoms with Gasteiger partial charge in [0.25, 0.3) is 0 Å². The summed E-state index contributed by atoms with van der Waals surface area (Å²) in [7, 11) is 2.22. The number of rotatable bonds is 11. The highest BCUT2D eigenvalue weighted by Gasteiger charge is 2.20. The van der Waals surface area contributed by atoms with Gasteiger partial charge in [-0.2, -0.15) is 0 Å². The molecule has 0 heterocycles. The van der Waals surface area contributed by atoms with Crippen LogP contribution in [0, 0.1) is 0 Å². The second-order valence-corrected chi connectivity index (χ2v) is 5.82. The molecule has 2 unspecified atom stereocenters. The lowest BCUT2D eigenvalue weighted by atomic mass is 9.95. The minimum Gasteiger partial charge on any atom is -0.394 e. The second kappa shape index (κ2) is 9.76. The SMILES string of the molecule is CCCC(C)N(C)CCCCC(C)(CO)NCC. The van der Waals surface area contributed by atoms with E-state index in [-0.39, 0.29) is 12.1 Å². The lowest BCUT2D eigenvalue weighted by molar-refractivity contribution is 0.161. The number of nitrogens with zero attached hydrogens (tertiary/aromatic N) is 1. The van der Waals surface area contributed by atoms with Gasteiger partial charge in [0.2, 0.25) is 0 Å². The molecule has 0 saturated carbocycles. The van der Waals surface area contributed by atoms with Crippen LogP contribution in [-0.2, 0) is 0 Å². The lowest BCUT2D eigenvalue weighted by Crippen LogP contribution is -2.45. The third-order valence-electron chi connectivity index (χ3n) is 3.90. The minimum atomic E-state index is -0.0949. The first-order chi connectivity index (χ1) is 8.49. The van der Waals surface area contributed by atoms with Crippen LogP contribution in [0.4, 0.5) is 0 Å². The molecule has 2 atom stereocenters. The molecule has 0 radical (unpaired) electrons. The maximum absolute atomic E-state index is 9.41. The van der Waals surface area contributed by atoms with Crippen molar-refractivity contribution in [1.82, 2.24) is 10.2 Å². The Morgan fingerprint density at radius 2 is 1.94 bits per heavy atom. The zero-order chi connectivity index (χ0) is 14.0. The summed E-state index contributed by atoms with van der Waals surface area (Å²) in [5.41, 5.74) is -0.0949. The molecule has 0 aliphatic heterocycles. The Bertz CT molecular complexity index is 199. The minimum absolute atomic E-state index is 0.0949. The van der Waals surface area contributed by atoms with Crippen LogP contribution in [0.3, 0.4) is 0 Å². The van der Waals surface area contributed by atoms with Gasteiger partial charge < -0.3 is 15.3 Å². The quantitative estimate of drug-likeness (QED) is 0.559. The second-order valence-electron chi connectivity index (χ2n) is 5.82. The van der Waals surface area contributed by atoms with Gasteiger partial charge in [-0.25, -0.2) is 0 Å². The summed E-state index contributed by atoms with van der Waals surface area (Å²) in [6.45, 7) is 11.1. The van der Waals surface area contributed by atoms with Crippen molar-refractivity contribution in [2.24, 2.45) is 0 Å². The van der Waals surface area contributed by atoms with E-state index in [4.69, 9.17) is 0 Å². The first-order valence-electron chi connectivity index (χ1n) is 7.55. The molecule has 0 spiro atoms. The molecular formula is C15H34N2O. The van der Waals surface area contributed by atoms with Crippen molar-refractivity contribution >= 4 is 0 Å². The molecule has 0 rings (SSSR count). The molecule has 18 heavy (non-hydrogen) atoms. The molecule has 0 aromatic heterocycles. The van der Waals surface area contributed by atoms with Crippen LogP contribution in [0.15, 0.2) is 0 Å². The first kappa shape index (κ1) is 17.9. The molecule has 0 bridgehead atoms. The normalized spacial score (nSPS) is 16.8. The molecule has 0 aliphatic rings. The van der Waals surface area contributed by atoms with Crippen LogP contribution in [0.2, 0.25) is 0 Å². The summed E-state index contributed by atoms with van der Waals surface area (Å²) in [4.78, 5) is 2.45. The van der Waals surface area contributed by atoms with Gasteiger partial charge in [-0.05, 0) is 53.2 Å². The van der Waals surface area contributed by atoms with Gasteiger partial charge in [-0.3, -0.25) is 0 Å². The molecular weight excluding hydrogens is 224 g/mol. The van der Waals surface area contributed by atoms with Gasteiger partial charge in [-0.15, -0.1) is 0 Å². The van der Waals surface area contributed by atoms with E-state index in [1.54, 1.807) is 0 Å². The topological polar surface area (TPSA) is 35.5 Å². The largest absolute Gasteiger partial charge is 0.394 e. The van der Waals surface area contributed by atoms with Gasteiger partial charge in [0.1, 0.15) is 0 Å². The summed E-state index contributed by atoms with van der Waals surface area (Å²) >= 11 is 0. The predicted molar refractivity (Wildman–Crippen MR) is 80.0 cm³/mol. The highest BCUT2D eigenvalue weighted by Crippen LogP contribution is 2.14. The van der Waals surface area contributed by atoms with Gasteiger partial charge in [0.15, 0.2) is 0 Å². The summed E-state index contributed by atoms with van der Waals surface area (Å²) in [5.74, 6) is 0. The van der Waals surface area contributed by atoms with E-state index in [2.05, 4.69) is 45.0 Å². The van der Waals surface area contributed by atoms with Crippen LogP contribution in [0.1, 0.15) is 59.8 Å². The Labute approximate surface area is 114 Å². The molecule has 3 nitrogen and oxygen atoms in total. The number of hydrogen-bond acceptors (Lipinski definition) is 3. The summed E-state index contributed by atoms with van der Waals surface area (Å²) in [6, 6.07) is 0.688. The number of hydrogen-bond donors (Lipinski definition) is 2. The molecule has 110 valence electrons. The van der Waals surface area contributed by atoms with Crippen LogP contribution < -0.4 is 5.32 Å². The number of likely N-dealkylation sites (N-methyl/N-ethyl adjacent to an activating group) is 1. The van der Waals surface area contributed by atoms with Gasteiger partial charge in [0.05, 0.1) is 6.61 Å². The fourth-order valence-corrected chi connectivity index (χ4v) is 2.39. The maximum atomic E-state index is 9.41. The van der Waals surface area contributed by atoms with Crippen molar-refractivity contribution in [2.45, 2.75) is 71.4 Å². The monoisotopic (exact) mass is 258 g/mol. The molecule has 0 amide bonds. The third-order valence-corrected chi connectivity index (χ3v) is 3.90.